The van der Waals surface area contributed by atoms with Gasteiger partial charge in [-0.2, -0.15) is 0 Å². The first-order valence-corrected chi connectivity index (χ1v) is 11.7. The number of esters is 2. The second-order valence-corrected chi connectivity index (χ2v) is 9.14. The molecule has 5 rings (SSSR count). The molecule has 2 aromatic carbocycles. The number of fused-ring (bicyclic) bond motifs is 1. The highest BCUT2D eigenvalue weighted by atomic mass is 16.7. The van der Waals surface area contributed by atoms with Gasteiger partial charge in [0.25, 0.3) is 5.79 Å². The average Bonchev–Trinajstić information content (AvgIpc) is 3.45. The molecule has 0 radical (unpaired) electrons. The summed E-state index contributed by atoms with van der Waals surface area (Å²) in [5, 5.41) is 11.8. The van der Waals surface area contributed by atoms with Gasteiger partial charge in [0.05, 0.1) is 25.7 Å². The van der Waals surface area contributed by atoms with E-state index < -0.39 is 11.8 Å². The van der Waals surface area contributed by atoms with E-state index in [9.17, 15) is 14.7 Å². The Morgan fingerprint density at radius 3 is 2.60 bits per heavy atom. The molecule has 184 valence electrons. The van der Waals surface area contributed by atoms with Crippen LogP contribution in [-0.2, 0) is 24.8 Å². The zero-order valence-corrected chi connectivity index (χ0v) is 19.7. The minimum Gasteiger partial charge on any atom is -0.497 e. The first-order valence-electron chi connectivity index (χ1n) is 11.7. The predicted octanol–water partition coefficient (Wildman–Crippen LogP) is 3.95. The smallest absolute Gasteiger partial charge is 0.341 e. The van der Waals surface area contributed by atoms with Crippen LogP contribution in [0.4, 0.5) is 0 Å². The highest BCUT2D eigenvalue weighted by Crippen LogP contribution is 2.49. The van der Waals surface area contributed by atoms with Crippen molar-refractivity contribution in [2.45, 2.75) is 37.9 Å². The van der Waals surface area contributed by atoms with Crippen molar-refractivity contribution < 1.29 is 38.4 Å². The van der Waals surface area contributed by atoms with Crippen molar-refractivity contribution >= 4 is 17.5 Å². The maximum atomic E-state index is 13.2. The number of cyclic esters (lactones) is 1. The maximum absolute atomic E-state index is 13.2. The average molecular weight is 481 g/mol. The molecule has 1 saturated carbocycles. The van der Waals surface area contributed by atoms with Gasteiger partial charge in [0.1, 0.15) is 5.75 Å². The van der Waals surface area contributed by atoms with E-state index in [-0.39, 0.29) is 24.6 Å². The van der Waals surface area contributed by atoms with Gasteiger partial charge in [-0.05, 0) is 67.1 Å². The minimum atomic E-state index is -1.94. The zero-order valence-electron chi connectivity index (χ0n) is 19.7. The van der Waals surface area contributed by atoms with Crippen LogP contribution in [0.2, 0.25) is 0 Å². The SMILES string of the molecule is COC(=O)C1CCCC(CC2=C(c3ccc4c(c3)OCO4)C(=O)OC2(O)c2ccc(OC)cc2)C1. The molecule has 3 aliphatic rings. The van der Waals surface area contributed by atoms with Crippen molar-refractivity contribution in [1.29, 1.82) is 0 Å². The quantitative estimate of drug-likeness (QED) is 0.621. The number of ether oxygens (including phenoxy) is 5. The molecule has 8 nitrogen and oxygen atoms in total. The van der Waals surface area contributed by atoms with Gasteiger partial charge >= 0.3 is 11.9 Å². The summed E-state index contributed by atoms with van der Waals surface area (Å²) >= 11 is 0. The lowest BCUT2D eigenvalue weighted by atomic mass is 9.76. The molecule has 2 heterocycles. The lowest BCUT2D eigenvalue weighted by molar-refractivity contribution is -0.185. The summed E-state index contributed by atoms with van der Waals surface area (Å²) < 4.78 is 26.8. The zero-order chi connectivity index (χ0) is 24.6. The number of rotatable bonds is 6. The van der Waals surface area contributed by atoms with Crippen molar-refractivity contribution in [1.82, 2.24) is 0 Å². The van der Waals surface area contributed by atoms with E-state index in [1.165, 1.54) is 7.11 Å². The van der Waals surface area contributed by atoms with Crippen LogP contribution in [0.15, 0.2) is 48.0 Å². The van der Waals surface area contributed by atoms with Crippen molar-refractivity contribution in [3.8, 4) is 17.2 Å². The normalized spacial score (nSPS) is 25.4. The second-order valence-electron chi connectivity index (χ2n) is 9.14. The topological polar surface area (TPSA) is 101 Å². The van der Waals surface area contributed by atoms with Gasteiger partial charge in [0.15, 0.2) is 11.5 Å². The van der Waals surface area contributed by atoms with Crippen LogP contribution in [0.25, 0.3) is 5.57 Å². The number of carbonyl (C=O) groups is 2. The summed E-state index contributed by atoms with van der Waals surface area (Å²) in [4.78, 5) is 25.5. The Balaban J connectivity index is 1.57. The Bertz CT molecular complexity index is 1170. The molecule has 1 N–H and O–H groups in total. The Labute approximate surface area is 203 Å². The van der Waals surface area contributed by atoms with E-state index in [2.05, 4.69) is 0 Å². The van der Waals surface area contributed by atoms with Gasteiger partial charge in [-0.25, -0.2) is 4.79 Å². The fourth-order valence-corrected chi connectivity index (χ4v) is 5.32. The maximum Gasteiger partial charge on any atom is 0.341 e. The molecule has 0 spiro atoms. The Hall–Kier alpha value is -3.52. The summed E-state index contributed by atoms with van der Waals surface area (Å²) in [6.45, 7) is 0.113. The molecule has 2 aromatic rings. The summed E-state index contributed by atoms with van der Waals surface area (Å²) in [6.07, 6.45) is 3.53. The molecule has 0 aromatic heterocycles. The molecule has 2 aliphatic heterocycles. The van der Waals surface area contributed by atoms with Crippen LogP contribution in [0.3, 0.4) is 0 Å². The van der Waals surface area contributed by atoms with Gasteiger partial charge in [-0.1, -0.05) is 18.9 Å². The number of methoxy groups -OCH3 is 2. The van der Waals surface area contributed by atoms with Crippen molar-refractivity contribution in [2.75, 3.05) is 21.0 Å². The second kappa shape index (κ2) is 9.26. The molecule has 8 heteroatoms. The number of hydrogen-bond donors (Lipinski definition) is 1. The van der Waals surface area contributed by atoms with E-state index in [0.29, 0.717) is 52.4 Å². The lowest BCUT2D eigenvalue weighted by Crippen LogP contribution is -2.31. The van der Waals surface area contributed by atoms with Gasteiger partial charge in [-0.3, -0.25) is 4.79 Å². The van der Waals surface area contributed by atoms with E-state index in [1.54, 1.807) is 49.6 Å². The van der Waals surface area contributed by atoms with E-state index >= 15 is 0 Å². The van der Waals surface area contributed by atoms with Gasteiger partial charge in [0, 0.05) is 11.1 Å². The van der Waals surface area contributed by atoms with Crippen LogP contribution >= 0.6 is 0 Å². The number of hydrogen-bond acceptors (Lipinski definition) is 8. The van der Waals surface area contributed by atoms with Crippen LogP contribution in [0.5, 0.6) is 17.2 Å². The fraction of sp³-hybridized carbons (Fsp3) is 0.407. The highest BCUT2D eigenvalue weighted by molar-refractivity contribution is 6.20. The molecule has 3 atom stereocenters. The molecule has 1 aliphatic carbocycles. The molecular weight excluding hydrogens is 452 g/mol. The third-order valence-electron chi connectivity index (χ3n) is 7.11. The molecule has 0 saturated heterocycles. The monoisotopic (exact) mass is 480 g/mol. The van der Waals surface area contributed by atoms with Crippen molar-refractivity contribution in [3.63, 3.8) is 0 Å². The highest BCUT2D eigenvalue weighted by Gasteiger charge is 2.49. The van der Waals surface area contributed by atoms with Crippen LogP contribution < -0.4 is 14.2 Å². The molecule has 0 amide bonds. The van der Waals surface area contributed by atoms with E-state index in [4.69, 9.17) is 23.7 Å². The van der Waals surface area contributed by atoms with Crippen molar-refractivity contribution in [2.24, 2.45) is 11.8 Å². The third-order valence-corrected chi connectivity index (χ3v) is 7.11. The summed E-state index contributed by atoms with van der Waals surface area (Å²) in [6, 6.07) is 12.0. The Morgan fingerprint density at radius 1 is 1.09 bits per heavy atom. The lowest BCUT2D eigenvalue weighted by Gasteiger charge is -2.31. The van der Waals surface area contributed by atoms with Gasteiger partial charge in [0.2, 0.25) is 6.79 Å². The first kappa shape index (κ1) is 23.2. The van der Waals surface area contributed by atoms with Gasteiger partial charge < -0.3 is 28.8 Å². The van der Waals surface area contributed by atoms with E-state index in [0.717, 1.165) is 19.3 Å². The standard InChI is InChI=1S/C27H28O8/c1-31-20-9-7-19(8-10-20)27(30)21(13-16-4-3-5-18(12-16)25(28)32-2)24(26(29)35-27)17-6-11-22-23(14-17)34-15-33-22/h6-11,14,16,18,30H,3-5,12-13,15H2,1-2H3. The Morgan fingerprint density at radius 2 is 1.86 bits per heavy atom. The summed E-state index contributed by atoms with van der Waals surface area (Å²) in [5.74, 6) is -1.14. The largest absolute Gasteiger partial charge is 0.497 e. The van der Waals surface area contributed by atoms with Crippen LogP contribution in [-0.4, -0.2) is 38.1 Å². The molecule has 0 bridgehead atoms. The molecule has 35 heavy (non-hydrogen) atoms. The van der Waals surface area contributed by atoms with Crippen LogP contribution in [0, 0.1) is 11.8 Å². The molecule has 3 unspecified atom stereocenters. The van der Waals surface area contributed by atoms with E-state index in [1.807, 2.05) is 0 Å². The predicted molar refractivity (Wildman–Crippen MR) is 125 cm³/mol. The minimum absolute atomic E-state index is 0.0751. The number of aliphatic hydroxyl groups is 1. The molecular formula is C27H28O8. The number of benzene rings is 2. The summed E-state index contributed by atoms with van der Waals surface area (Å²) in [7, 11) is 2.96. The fourth-order valence-electron chi connectivity index (χ4n) is 5.32. The number of carbonyl (C=O) groups excluding carboxylic acids is 2. The van der Waals surface area contributed by atoms with Gasteiger partial charge in [-0.15, -0.1) is 0 Å². The Kier molecular flexibility index (Phi) is 6.15. The molecule has 1 fully saturated rings. The summed E-state index contributed by atoms with van der Waals surface area (Å²) in [5.41, 5.74) is 1.79. The first-order chi connectivity index (χ1) is 16.9. The van der Waals surface area contributed by atoms with Crippen molar-refractivity contribution in [3.05, 3.63) is 59.2 Å². The third kappa shape index (κ3) is 4.23. The van der Waals surface area contributed by atoms with Crippen LogP contribution in [0.1, 0.15) is 43.2 Å².